The lowest BCUT2D eigenvalue weighted by Gasteiger charge is -2.34. The molecule has 0 saturated carbocycles. The number of methoxy groups -OCH3 is 1. The van der Waals surface area contributed by atoms with E-state index >= 15 is 0 Å². The largest absolute Gasteiger partial charge is 0.497 e. The number of amides is 2. The third-order valence-electron chi connectivity index (χ3n) is 5.23. The van der Waals surface area contributed by atoms with Gasteiger partial charge in [-0.05, 0) is 36.2 Å². The van der Waals surface area contributed by atoms with Gasteiger partial charge in [0.15, 0.2) is 0 Å². The number of nitrogens with zero attached hydrogens (tertiary/aromatic N) is 2. The molecule has 0 bridgehead atoms. The lowest BCUT2D eigenvalue weighted by molar-refractivity contribution is -0.121. The third kappa shape index (κ3) is 6.32. The molecule has 3 rings (SSSR count). The molecule has 2 aromatic carbocycles. The van der Waals surface area contributed by atoms with Crippen LogP contribution in [-0.4, -0.2) is 68.0 Å². The second kappa shape index (κ2) is 10.6. The smallest absolute Gasteiger partial charge is 0.253 e. The lowest BCUT2D eigenvalue weighted by Crippen LogP contribution is -2.50. The van der Waals surface area contributed by atoms with E-state index in [-0.39, 0.29) is 11.8 Å². The molecule has 0 atom stereocenters. The topological polar surface area (TPSA) is 61.9 Å². The molecule has 1 heterocycles. The van der Waals surface area contributed by atoms with Crippen LogP contribution in [-0.2, 0) is 11.2 Å². The van der Waals surface area contributed by atoms with E-state index in [0.29, 0.717) is 13.0 Å². The van der Waals surface area contributed by atoms with Crippen LogP contribution < -0.4 is 10.1 Å². The Morgan fingerprint density at radius 3 is 2.31 bits per heavy atom. The Morgan fingerprint density at radius 2 is 1.66 bits per heavy atom. The zero-order valence-electron chi connectivity index (χ0n) is 17.0. The summed E-state index contributed by atoms with van der Waals surface area (Å²) < 4.78 is 5.14. The Labute approximate surface area is 172 Å². The average Bonchev–Trinajstić information content (AvgIpc) is 2.78. The van der Waals surface area contributed by atoms with E-state index in [0.717, 1.165) is 56.0 Å². The van der Waals surface area contributed by atoms with Crippen LogP contribution in [0, 0.1) is 0 Å². The fourth-order valence-electron chi connectivity index (χ4n) is 3.43. The molecule has 6 nitrogen and oxygen atoms in total. The number of rotatable bonds is 8. The first-order valence-electron chi connectivity index (χ1n) is 10.1. The fourth-order valence-corrected chi connectivity index (χ4v) is 3.43. The minimum absolute atomic E-state index is 0.0682. The minimum Gasteiger partial charge on any atom is -0.497 e. The number of carbonyl (C=O) groups is 2. The summed E-state index contributed by atoms with van der Waals surface area (Å²) in [6.45, 7) is 4.55. The van der Waals surface area contributed by atoms with E-state index in [4.69, 9.17) is 4.74 Å². The predicted molar refractivity (Wildman–Crippen MR) is 113 cm³/mol. The summed E-state index contributed by atoms with van der Waals surface area (Å²) >= 11 is 0. The highest BCUT2D eigenvalue weighted by molar-refractivity contribution is 5.94. The van der Waals surface area contributed by atoms with Gasteiger partial charge in [0.1, 0.15) is 5.75 Å². The second-order valence-corrected chi connectivity index (χ2v) is 7.20. The van der Waals surface area contributed by atoms with Crippen molar-refractivity contribution in [2.75, 3.05) is 46.4 Å². The molecular formula is C23H29N3O3. The third-order valence-corrected chi connectivity index (χ3v) is 5.23. The van der Waals surface area contributed by atoms with E-state index < -0.39 is 0 Å². The van der Waals surface area contributed by atoms with Crippen molar-refractivity contribution in [2.45, 2.75) is 12.8 Å². The molecule has 1 aliphatic rings. The highest BCUT2D eigenvalue weighted by Gasteiger charge is 2.21. The van der Waals surface area contributed by atoms with Crippen LogP contribution in [0.4, 0.5) is 0 Å². The molecule has 0 spiro atoms. The number of ether oxygens (including phenoxy) is 1. The fraction of sp³-hybridized carbons (Fsp3) is 0.391. The van der Waals surface area contributed by atoms with Gasteiger partial charge in [-0.1, -0.05) is 30.3 Å². The molecule has 1 N–H and O–H groups in total. The first kappa shape index (κ1) is 20.9. The molecule has 6 heteroatoms. The molecule has 154 valence electrons. The standard InChI is InChI=1S/C23H29N3O3/c1-29-21-10-7-19(8-11-21)9-12-22(27)24-13-14-25-15-17-26(18-16-25)23(28)20-5-3-2-4-6-20/h2-8,10-11H,9,12-18H2,1H3,(H,24,27). The van der Waals surface area contributed by atoms with Crippen LogP contribution in [0.1, 0.15) is 22.3 Å². The van der Waals surface area contributed by atoms with Gasteiger partial charge < -0.3 is 15.0 Å². The molecule has 1 fully saturated rings. The molecule has 1 saturated heterocycles. The maximum absolute atomic E-state index is 12.5. The van der Waals surface area contributed by atoms with Crippen LogP contribution in [0.25, 0.3) is 0 Å². The van der Waals surface area contributed by atoms with Crippen LogP contribution in [0.5, 0.6) is 5.75 Å². The Hall–Kier alpha value is -2.86. The number of carbonyl (C=O) groups excluding carboxylic acids is 2. The van der Waals surface area contributed by atoms with Gasteiger partial charge in [-0.3, -0.25) is 14.5 Å². The highest BCUT2D eigenvalue weighted by Crippen LogP contribution is 2.12. The normalized spacial score (nSPS) is 14.4. The van der Waals surface area contributed by atoms with Gasteiger partial charge in [-0.25, -0.2) is 0 Å². The van der Waals surface area contributed by atoms with Gasteiger partial charge in [0.25, 0.3) is 5.91 Å². The van der Waals surface area contributed by atoms with Crippen LogP contribution in [0.3, 0.4) is 0 Å². The number of hydrogen-bond acceptors (Lipinski definition) is 4. The van der Waals surface area contributed by atoms with Gasteiger partial charge in [-0.15, -0.1) is 0 Å². The van der Waals surface area contributed by atoms with Crippen molar-refractivity contribution in [3.05, 3.63) is 65.7 Å². The van der Waals surface area contributed by atoms with Crippen molar-refractivity contribution in [3.8, 4) is 5.75 Å². The number of aryl methyl sites for hydroxylation is 1. The van der Waals surface area contributed by atoms with Crippen molar-refractivity contribution < 1.29 is 14.3 Å². The monoisotopic (exact) mass is 395 g/mol. The van der Waals surface area contributed by atoms with Crippen molar-refractivity contribution in [2.24, 2.45) is 0 Å². The van der Waals surface area contributed by atoms with E-state index in [1.165, 1.54) is 0 Å². The summed E-state index contributed by atoms with van der Waals surface area (Å²) in [4.78, 5) is 28.7. The number of hydrogen-bond donors (Lipinski definition) is 1. The minimum atomic E-state index is 0.0682. The maximum Gasteiger partial charge on any atom is 0.253 e. The summed E-state index contributed by atoms with van der Waals surface area (Å²) in [5.41, 5.74) is 1.87. The summed E-state index contributed by atoms with van der Waals surface area (Å²) in [5.74, 6) is 0.986. The molecular weight excluding hydrogens is 366 g/mol. The molecule has 0 aliphatic carbocycles. The molecule has 0 unspecified atom stereocenters. The molecule has 29 heavy (non-hydrogen) atoms. The lowest BCUT2D eigenvalue weighted by atomic mass is 10.1. The quantitative estimate of drug-likeness (QED) is 0.744. The van der Waals surface area contributed by atoms with E-state index in [1.54, 1.807) is 7.11 Å². The van der Waals surface area contributed by atoms with Gasteiger partial charge in [-0.2, -0.15) is 0 Å². The Balaban J connectivity index is 1.31. The molecule has 2 amide bonds. The Bertz CT molecular complexity index is 785. The maximum atomic E-state index is 12.5. The van der Waals surface area contributed by atoms with Crippen molar-refractivity contribution in [1.82, 2.24) is 15.1 Å². The second-order valence-electron chi connectivity index (χ2n) is 7.20. The zero-order chi connectivity index (χ0) is 20.5. The first-order valence-corrected chi connectivity index (χ1v) is 10.1. The SMILES string of the molecule is COc1ccc(CCC(=O)NCCN2CCN(C(=O)c3ccccc3)CC2)cc1. The van der Waals surface area contributed by atoms with Crippen molar-refractivity contribution >= 4 is 11.8 Å². The first-order chi connectivity index (χ1) is 14.2. The van der Waals surface area contributed by atoms with Crippen LogP contribution >= 0.6 is 0 Å². The van der Waals surface area contributed by atoms with E-state index in [1.807, 2.05) is 59.5 Å². The van der Waals surface area contributed by atoms with Crippen molar-refractivity contribution in [3.63, 3.8) is 0 Å². The summed E-state index contributed by atoms with van der Waals surface area (Å²) in [6.07, 6.45) is 1.20. The molecule has 2 aromatic rings. The summed E-state index contributed by atoms with van der Waals surface area (Å²) in [5, 5.41) is 3.00. The van der Waals surface area contributed by atoms with Gasteiger partial charge >= 0.3 is 0 Å². The highest BCUT2D eigenvalue weighted by atomic mass is 16.5. The van der Waals surface area contributed by atoms with Crippen molar-refractivity contribution in [1.29, 1.82) is 0 Å². The van der Waals surface area contributed by atoms with Crippen LogP contribution in [0.2, 0.25) is 0 Å². The van der Waals surface area contributed by atoms with E-state index in [2.05, 4.69) is 10.2 Å². The van der Waals surface area contributed by atoms with Gasteiger partial charge in [0.2, 0.25) is 5.91 Å². The van der Waals surface area contributed by atoms with Gasteiger partial charge in [0.05, 0.1) is 7.11 Å². The number of benzene rings is 2. The summed E-state index contributed by atoms with van der Waals surface area (Å²) in [6, 6.07) is 17.2. The zero-order valence-corrected chi connectivity index (χ0v) is 17.0. The van der Waals surface area contributed by atoms with Crippen LogP contribution in [0.15, 0.2) is 54.6 Å². The molecule has 0 aromatic heterocycles. The summed E-state index contributed by atoms with van der Waals surface area (Å²) in [7, 11) is 1.64. The molecule has 0 radical (unpaired) electrons. The molecule has 1 aliphatic heterocycles. The number of nitrogens with one attached hydrogen (secondary N) is 1. The predicted octanol–water partition coefficient (Wildman–Crippen LogP) is 2.20. The Kier molecular flexibility index (Phi) is 7.64. The average molecular weight is 396 g/mol. The van der Waals surface area contributed by atoms with Gasteiger partial charge in [0, 0.05) is 51.3 Å². The van der Waals surface area contributed by atoms with E-state index in [9.17, 15) is 9.59 Å². The Morgan fingerprint density at radius 1 is 0.966 bits per heavy atom. The number of piperazine rings is 1.